The second kappa shape index (κ2) is 5.88. The van der Waals surface area contributed by atoms with Gasteiger partial charge in [0.15, 0.2) is 0 Å². The molecule has 0 aromatic heterocycles. The Balaban J connectivity index is 2.65. The molecule has 1 aromatic rings. The van der Waals surface area contributed by atoms with E-state index in [9.17, 15) is 0 Å². The third-order valence-electron chi connectivity index (χ3n) is 2.43. The van der Waals surface area contributed by atoms with Crippen LogP contribution < -0.4 is 5.73 Å². The minimum atomic E-state index is 0.112. The average molecular weight is 291 g/mol. The monoisotopic (exact) mass is 289 g/mol. The number of halogens is 2. The number of rotatable bonds is 4. The minimum Gasteiger partial charge on any atom is -0.324 e. The molecule has 15 heavy (non-hydrogen) atoms. The lowest BCUT2D eigenvalue weighted by Crippen LogP contribution is -2.11. The van der Waals surface area contributed by atoms with Gasteiger partial charge >= 0.3 is 0 Å². The first kappa shape index (κ1) is 13.0. The zero-order valence-electron chi connectivity index (χ0n) is 9.13. The molecule has 1 aromatic carbocycles. The third-order valence-corrected chi connectivity index (χ3v) is 3.64. The second-order valence-electron chi connectivity index (χ2n) is 4.25. The molecular formula is C12H17BrClN. The van der Waals surface area contributed by atoms with Crippen molar-refractivity contribution >= 4 is 27.5 Å². The zero-order chi connectivity index (χ0) is 11.4. The molecule has 1 atom stereocenters. The van der Waals surface area contributed by atoms with Gasteiger partial charge in [0.1, 0.15) is 0 Å². The Labute approximate surface area is 105 Å². The van der Waals surface area contributed by atoms with E-state index in [0.29, 0.717) is 5.92 Å². The number of hydrogen-bond acceptors (Lipinski definition) is 1. The molecule has 0 saturated carbocycles. The molecule has 0 unspecified atom stereocenters. The van der Waals surface area contributed by atoms with Gasteiger partial charge in [-0.25, -0.2) is 0 Å². The molecule has 0 aliphatic rings. The first-order chi connectivity index (χ1) is 7.00. The lowest BCUT2D eigenvalue weighted by atomic mass is 9.98. The molecule has 1 rings (SSSR count). The van der Waals surface area contributed by atoms with Crippen molar-refractivity contribution in [3.8, 4) is 0 Å². The molecule has 1 nitrogen and oxygen atoms in total. The van der Waals surface area contributed by atoms with E-state index >= 15 is 0 Å². The van der Waals surface area contributed by atoms with Crippen LogP contribution in [-0.2, 0) is 0 Å². The second-order valence-corrected chi connectivity index (χ2v) is 5.51. The van der Waals surface area contributed by atoms with Gasteiger partial charge in [-0.15, -0.1) is 0 Å². The van der Waals surface area contributed by atoms with E-state index in [4.69, 9.17) is 17.3 Å². The van der Waals surface area contributed by atoms with Crippen LogP contribution in [-0.4, -0.2) is 0 Å². The number of hydrogen-bond donors (Lipinski definition) is 1. The fourth-order valence-corrected chi connectivity index (χ4v) is 1.94. The van der Waals surface area contributed by atoms with E-state index in [1.54, 1.807) is 0 Å². The molecule has 0 aliphatic carbocycles. The van der Waals surface area contributed by atoms with Gasteiger partial charge in [-0.2, -0.15) is 0 Å². The van der Waals surface area contributed by atoms with Gasteiger partial charge < -0.3 is 5.73 Å². The Bertz CT molecular complexity index is 325. The lowest BCUT2D eigenvalue weighted by molar-refractivity contribution is 0.507. The topological polar surface area (TPSA) is 26.0 Å². The fraction of sp³-hybridized carbons (Fsp3) is 0.500. The molecule has 0 saturated heterocycles. The predicted molar refractivity (Wildman–Crippen MR) is 70.2 cm³/mol. The Hall–Kier alpha value is -0.0500. The van der Waals surface area contributed by atoms with Crippen molar-refractivity contribution in [2.24, 2.45) is 11.7 Å². The quantitative estimate of drug-likeness (QED) is 0.865. The fourth-order valence-electron chi connectivity index (χ4n) is 1.42. The van der Waals surface area contributed by atoms with Crippen LogP contribution >= 0.6 is 27.5 Å². The van der Waals surface area contributed by atoms with Crippen LogP contribution in [0.1, 0.15) is 38.3 Å². The molecule has 0 bridgehead atoms. The maximum Gasteiger partial charge on any atom is 0.0548 e. The molecule has 0 amide bonds. The zero-order valence-corrected chi connectivity index (χ0v) is 11.5. The summed E-state index contributed by atoms with van der Waals surface area (Å²) >= 11 is 9.33. The van der Waals surface area contributed by atoms with Crippen LogP contribution in [0.5, 0.6) is 0 Å². The van der Waals surface area contributed by atoms with Gasteiger partial charge in [-0.1, -0.05) is 31.5 Å². The summed E-state index contributed by atoms with van der Waals surface area (Å²) in [5.41, 5.74) is 7.24. The Morgan fingerprint density at radius 2 is 2.00 bits per heavy atom. The summed E-state index contributed by atoms with van der Waals surface area (Å²) in [5.74, 6) is 0.701. The summed E-state index contributed by atoms with van der Waals surface area (Å²) in [7, 11) is 0. The molecule has 0 heterocycles. The van der Waals surface area contributed by atoms with Crippen molar-refractivity contribution in [3.63, 3.8) is 0 Å². The van der Waals surface area contributed by atoms with E-state index in [2.05, 4.69) is 29.8 Å². The van der Waals surface area contributed by atoms with E-state index in [0.717, 1.165) is 27.9 Å². The summed E-state index contributed by atoms with van der Waals surface area (Å²) in [6.45, 7) is 4.43. The van der Waals surface area contributed by atoms with Crippen molar-refractivity contribution in [1.82, 2.24) is 0 Å². The summed E-state index contributed by atoms with van der Waals surface area (Å²) < 4.78 is 0.918. The average Bonchev–Trinajstić information content (AvgIpc) is 2.18. The maximum atomic E-state index is 6.10. The van der Waals surface area contributed by atoms with Crippen molar-refractivity contribution in [3.05, 3.63) is 33.3 Å². The molecule has 0 aliphatic heterocycles. The number of nitrogens with two attached hydrogens (primary N) is 1. The highest BCUT2D eigenvalue weighted by atomic mass is 79.9. The normalized spacial score (nSPS) is 13.2. The summed E-state index contributed by atoms with van der Waals surface area (Å²) in [6.07, 6.45) is 2.17. The first-order valence-corrected chi connectivity index (χ1v) is 6.38. The predicted octanol–water partition coefficient (Wildman–Crippen LogP) is 4.54. The van der Waals surface area contributed by atoms with Crippen LogP contribution in [0.4, 0.5) is 0 Å². The SMILES string of the molecule is CC(C)CC[C@@H](N)c1ccc(Cl)c(Br)c1. The number of benzene rings is 1. The molecular weight excluding hydrogens is 273 g/mol. The van der Waals surface area contributed by atoms with Crippen LogP contribution in [0.15, 0.2) is 22.7 Å². The van der Waals surface area contributed by atoms with Crippen LogP contribution in [0.25, 0.3) is 0 Å². The van der Waals surface area contributed by atoms with Crippen molar-refractivity contribution in [2.45, 2.75) is 32.7 Å². The largest absolute Gasteiger partial charge is 0.324 e. The molecule has 3 heteroatoms. The van der Waals surface area contributed by atoms with Crippen LogP contribution in [0.3, 0.4) is 0 Å². The van der Waals surface area contributed by atoms with E-state index in [1.807, 2.05) is 18.2 Å². The van der Waals surface area contributed by atoms with Crippen molar-refractivity contribution in [1.29, 1.82) is 0 Å². The van der Waals surface area contributed by atoms with Gasteiger partial charge in [0.25, 0.3) is 0 Å². The first-order valence-electron chi connectivity index (χ1n) is 5.21. The summed E-state index contributed by atoms with van der Waals surface area (Å²) in [4.78, 5) is 0. The van der Waals surface area contributed by atoms with Gasteiger partial charge in [0.05, 0.1) is 5.02 Å². The molecule has 0 spiro atoms. The Kier molecular flexibility index (Phi) is 5.10. The Morgan fingerprint density at radius 3 is 2.53 bits per heavy atom. The lowest BCUT2D eigenvalue weighted by Gasteiger charge is -2.14. The molecule has 2 N–H and O–H groups in total. The highest BCUT2D eigenvalue weighted by Gasteiger charge is 2.08. The third kappa shape index (κ3) is 4.13. The van der Waals surface area contributed by atoms with E-state index in [1.165, 1.54) is 0 Å². The van der Waals surface area contributed by atoms with Gasteiger partial charge in [-0.05, 0) is 52.4 Å². The van der Waals surface area contributed by atoms with E-state index < -0.39 is 0 Å². The highest BCUT2D eigenvalue weighted by Crippen LogP contribution is 2.27. The van der Waals surface area contributed by atoms with Gasteiger partial charge in [0, 0.05) is 10.5 Å². The minimum absolute atomic E-state index is 0.112. The van der Waals surface area contributed by atoms with Crippen LogP contribution in [0, 0.1) is 5.92 Å². The maximum absolute atomic E-state index is 6.10. The van der Waals surface area contributed by atoms with Gasteiger partial charge in [0.2, 0.25) is 0 Å². The highest BCUT2D eigenvalue weighted by molar-refractivity contribution is 9.10. The standard InChI is InChI=1S/C12H17BrClN/c1-8(2)3-6-12(15)9-4-5-11(14)10(13)7-9/h4-5,7-8,12H,3,6,15H2,1-2H3/t12-/m1/s1. The molecule has 0 radical (unpaired) electrons. The van der Waals surface area contributed by atoms with Crippen molar-refractivity contribution in [2.75, 3.05) is 0 Å². The van der Waals surface area contributed by atoms with E-state index in [-0.39, 0.29) is 6.04 Å². The molecule has 0 fully saturated rings. The summed E-state index contributed by atoms with van der Waals surface area (Å²) in [5, 5.41) is 0.731. The smallest absolute Gasteiger partial charge is 0.0548 e. The van der Waals surface area contributed by atoms with Crippen LogP contribution in [0.2, 0.25) is 5.02 Å². The van der Waals surface area contributed by atoms with Crippen molar-refractivity contribution < 1.29 is 0 Å². The Morgan fingerprint density at radius 1 is 1.33 bits per heavy atom. The molecule has 84 valence electrons. The van der Waals surface area contributed by atoms with Gasteiger partial charge in [-0.3, -0.25) is 0 Å². The summed E-state index contributed by atoms with van der Waals surface area (Å²) in [6, 6.07) is 6.00.